The molecule has 1 aliphatic heterocycles. The first-order chi connectivity index (χ1) is 12.7. The van der Waals surface area contributed by atoms with Gasteiger partial charge >= 0.3 is 6.18 Å². The van der Waals surface area contributed by atoms with E-state index in [0.717, 1.165) is 49.5 Å². The molecule has 146 valence electrons. The second kappa shape index (κ2) is 7.59. The number of nitrogens with one attached hydrogen (secondary N) is 1. The van der Waals surface area contributed by atoms with Crippen LogP contribution in [-0.2, 0) is 12.6 Å². The molecule has 1 saturated heterocycles. The number of halogens is 3. The molecular formula is C18H23F3N6. The fraction of sp³-hybridized carbons (Fsp3) is 0.444. The molecule has 1 atom stereocenters. The minimum absolute atomic E-state index is 0.0165. The number of benzene rings is 1. The van der Waals surface area contributed by atoms with E-state index in [1.54, 1.807) is 0 Å². The summed E-state index contributed by atoms with van der Waals surface area (Å²) in [6.07, 6.45) is -1.96. The lowest BCUT2D eigenvalue weighted by molar-refractivity contribution is -0.137. The number of hydrogen-bond donors (Lipinski definition) is 3. The van der Waals surface area contributed by atoms with E-state index in [1.807, 2.05) is 13.0 Å². The molecule has 1 fully saturated rings. The second-order valence-electron chi connectivity index (χ2n) is 6.75. The van der Waals surface area contributed by atoms with Crippen molar-refractivity contribution in [1.29, 1.82) is 0 Å². The quantitative estimate of drug-likeness (QED) is 0.689. The summed E-state index contributed by atoms with van der Waals surface area (Å²) in [6.45, 7) is 3.52. The summed E-state index contributed by atoms with van der Waals surface area (Å²) in [5.41, 5.74) is 11.8. The van der Waals surface area contributed by atoms with Gasteiger partial charge in [-0.25, -0.2) is 4.98 Å². The lowest BCUT2D eigenvalue weighted by Gasteiger charge is -2.19. The van der Waals surface area contributed by atoms with Crippen LogP contribution in [0.5, 0.6) is 0 Å². The summed E-state index contributed by atoms with van der Waals surface area (Å²) in [4.78, 5) is 11.0. The molecule has 2 aromatic rings. The minimum atomic E-state index is -4.48. The third-order valence-electron chi connectivity index (χ3n) is 4.36. The van der Waals surface area contributed by atoms with Gasteiger partial charge in [0, 0.05) is 42.3 Å². The Morgan fingerprint density at radius 1 is 1.22 bits per heavy atom. The zero-order valence-electron chi connectivity index (χ0n) is 15.1. The van der Waals surface area contributed by atoms with Crippen molar-refractivity contribution in [2.45, 2.75) is 38.4 Å². The van der Waals surface area contributed by atoms with E-state index in [0.29, 0.717) is 6.54 Å². The molecule has 5 N–H and O–H groups in total. The number of nitrogen functional groups attached to an aromatic ring is 1. The lowest BCUT2D eigenvalue weighted by atomic mass is 10.1. The van der Waals surface area contributed by atoms with Gasteiger partial charge in [-0.1, -0.05) is 13.3 Å². The number of nitrogens with two attached hydrogens (primary N) is 2. The number of rotatable bonds is 5. The fourth-order valence-corrected chi connectivity index (χ4v) is 3.10. The van der Waals surface area contributed by atoms with Crippen LogP contribution in [0, 0.1) is 0 Å². The Morgan fingerprint density at radius 3 is 2.63 bits per heavy atom. The molecule has 0 bridgehead atoms. The average molecular weight is 380 g/mol. The van der Waals surface area contributed by atoms with Gasteiger partial charge in [0.25, 0.3) is 0 Å². The standard InChI is InChI=1S/C18H23F3N6/c1-2-3-14-9-16(27-5-4-12(22)10-27)26-17(24-14)25-15-7-11(18(19,20)21)6-13(23)8-15/h6-9,12H,2-5,10,22-23H2,1H3,(H,24,25,26). The molecule has 1 aromatic carbocycles. The van der Waals surface area contributed by atoms with E-state index < -0.39 is 11.7 Å². The molecule has 6 nitrogen and oxygen atoms in total. The van der Waals surface area contributed by atoms with E-state index in [-0.39, 0.29) is 23.4 Å². The number of nitrogens with zero attached hydrogens (tertiary/aromatic N) is 3. The maximum absolute atomic E-state index is 13.0. The topological polar surface area (TPSA) is 93.1 Å². The molecule has 2 heterocycles. The lowest BCUT2D eigenvalue weighted by Crippen LogP contribution is -2.27. The first-order valence-electron chi connectivity index (χ1n) is 8.88. The maximum atomic E-state index is 13.0. The third-order valence-corrected chi connectivity index (χ3v) is 4.36. The minimum Gasteiger partial charge on any atom is -0.399 e. The molecule has 0 aliphatic carbocycles. The summed E-state index contributed by atoms with van der Waals surface area (Å²) < 4.78 is 39.1. The first-order valence-corrected chi connectivity index (χ1v) is 8.88. The van der Waals surface area contributed by atoms with Gasteiger partial charge in [-0.15, -0.1) is 0 Å². The molecule has 0 spiro atoms. The normalized spacial score (nSPS) is 17.4. The van der Waals surface area contributed by atoms with Crippen molar-refractivity contribution in [3.05, 3.63) is 35.5 Å². The predicted molar refractivity (Wildman–Crippen MR) is 100.0 cm³/mol. The highest BCUT2D eigenvalue weighted by atomic mass is 19.4. The van der Waals surface area contributed by atoms with Gasteiger partial charge in [-0.2, -0.15) is 18.2 Å². The summed E-state index contributed by atoms with van der Waals surface area (Å²) >= 11 is 0. The van der Waals surface area contributed by atoms with E-state index in [4.69, 9.17) is 11.5 Å². The summed E-state index contributed by atoms with van der Waals surface area (Å²) in [5.74, 6) is 0.971. The largest absolute Gasteiger partial charge is 0.416 e. The Balaban J connectivity index is 1.92. The molecule has 1 aromatic heterocycles. The Kier molecular flexibility index (Phi) is 5.41. The molecule has 0 amide bonds. The van der Waals surface area contributed by atoms with Gasteiger partial charge in [-0.05, 0) is 31.0 Å². The van der Waals surface area contributed by atoms with Crippen molar-refractivity contribution in [3.8, 4) is 0 Å². The predicted octanol–water partition coefficient (Wildman–Crippen LogP) is 3.31. The zero-order valence-corrected chi connectivity index (χ0v) is 15.1. The number of aromatic nitrogens is 2. The van der Waals surface area contributed by atoms with Crippen molar-refractivity contribution in [2.24, 2.45) is 5.73 Å². The summed E-state index contributed by atoms with van der Waals surface area (Å²) in [7, 11) is 0. The van der Waals surface area contributed by atoms with Crippen LogP contribution in [0.1, 0.15) is 31.0 Å². The Labute approximate surface area is 155 Å². The molecule has 27 heavy (non-hydrogen) atoms. The van der Waals surface area contributed by atoms with Crippen LogP contribution < -0.4 is 21.7 Å². The number of anilines is 4. The summed E-state index contributed by atoms with van der Waals surface area (Å²) in [5, 5.41) is 2.87. The third kappa shape index (κ3) is 4.79. The highest BCUT2D eigenvalue weighted by Gasteiger charge is 2.31. The van der Waals surface area contributed by atoms with E-state index in [9.17, 15) is 13.2 Å². The zero-order chi connectivity index (χ0) is 19.6. The van der Waals surface area contributed by atoms with Crippen LogP contribution in [0.25, 0.3) is 0 Å². The monoisotopic (exact) mass is 380 g/mol. The fourth-order valence-electron chi connectivity index (χ4n) is 3.10. The smallest absolute Gasteiger partial charge is 0.399 e. The van der Waals surface area contributed by atoms with Gasteiger partial charge in [0.1, 0.15) is 5.82 Å². The Bertz CT molecular complexity index is 808. The molecular weight excluding hydrogens is 357 g/mol. The first kappa shape index (κ1) is 19.2. The molecule has 9 heteroatoms. The van der Waals surface area contributed by atoms with Crippen LogP contribution >= 0.6 is 0 Å². The van der Waals surface area contributed by atoms with Gasteiger partial charge in [0.15, 0.2) is 0 Å². The van der Waals surface area contributed by atoms with E-state index in [1.165, 1.54) is 6.07 Å². The average Bonchev–Trinajstić information content (AvgIpc) is 3.00. The van der Waals surface area contributed by atoms with Gasteiger partial charge in [0.05, 0.1) is 5.56 Å². The number of hydrogen-bond acceptors (Lipinski definition) is 6. The van der Waals surface area contributed by atoms with Crippen molar-refractivity contribution >= 4 is 23.1 Å². The van der Waals surface area contributed by atoms with E-state index in [2.05, 4.69) is 20.2 Å². The van der Waals surface area contributed by atoms with Crippen LogP contribution in [0.2, 0.25) is 0 Å². The highest BCUT2D eigenvalue weighted by Crippen LogP contribution is 2.33. The van der Waals surface area contributed by atoms with Gasteiger partial charge in [0.2, 0.25) is 5.95 Å². The van der Waals surface area contributed by atoms with Crippen molar-refractivity contribution in [3.63, 3.8) is 0 Å². The Hall–Kier alpha value is -2.55. The molecule has 3 rings (SSSR count). The second-order valence-corrected chi connectivity index (χ2v) is 6.75. The van der Waals surface area contributed by atoms with Crippen molar-refractivity contribution in [2.75, 3.05) is 29.0 Å². The molecule has 0 radical (unpaired) electrons. The molecule has 1 aliphatic rings. The number of alkyl halides is 3. The van der Waals surface area contributed by atoms with Crippen LogP contribution in [0.15, 0.2) is 24.3 Å². The highest BCUT2D eigenvalue weighted by molar-refractivity contribution is 5.63. The van der Waals surface area contributed by atoms with Crippen LogP contribution in [-0.4, -0.2) is 29.1 Å². The summed E-state index contributed by atoms with van der Waals surface area (Å²) in [6, 6.07) is 5.33. The van der Waals surface area contributed by atoms with Crippen LogP contribution in [0.3, 0.4) is 0 Å². The molecule has 0 saturated carbocycles. The SMILES string of the molecule is CCCc1cc(N2CCC(N)C2)nc(Nc2cc(N)cc(C(F)(F)F)c2)n1. The van der Waals surface area contributed by atoms with E-state index >= 15 is 0 Å². The molecule has 1 unspecified atom stereocenters. The van der Waals surface area contributed by atoms with Gasteiger partial charge < -0.3 is 21.7 Å². The Morgan fingerprint density at radius 2 is 2.00 bits per heavy atom. The maximum Gasteiger partial charge on any atom is 0.416 e. The van der Waals surface area contributed by atoms with Crippen molar-refractivity contribution < 1.29 is 13.2 Å². The van der Waals surface area contributed by atoms with Gasteiger partial charge in [-0.3, -0.25) is 0 Å². The van der Waals surface area contributed by atoms with Crippen molar-refractivity contribution in [1.82, 2.24) is 9.97 Å². The number of aryl methyl sites for hydroxylation is 1. The van der Waals surface area contributed by atoms with Crippen LogP contribution in [0.4, 0.5) is 36.3 Å².